The van der Waals surface area contributed by atoms with Gasteiger partial charge in [0.1, 0.15) is 11.2 Å². The highest BCUT2D eigenvalue weighted by molar-refractivity contribution is 7.18. The summed E-state index contributed by atoms with van der Waals surface area (Å²) in [5.41, 5.74) is 2.52. The molecule has 1 aromatic carbocycles. The van der Waals surface area contributed by atoms with Crippen LogP contribution in [0.4, 0.5) is 0 Å². The summed E-state index contributed by atoms with van der Waals surface area (Å²) in [4.78, 5) is 21.6. The van der Waals surface area contributed by atoms with Gasteiger partial charge in [-0.15, -0.1) is 11.3 Å². The van der Waals surface area contributed by atoms with Gasteiger partial charge >= 0.3 is 0 Å². The van der Waals surface area contributed by atoms with Gasteiger partial charge < -0.3 is 9.47 Å². The number of thiophene rings is 1. The largest absolute Gasteiger partial charge is 0.493 e. The minimum atomic E-state index is 0.0362. The van der Waals surface area contributed by atoms with Crippen LogP contribution in [0.15, 0.2) is 29.3 Å². The zero-order chi connectivity index (χ0) is 19.0. The molecule has 27 heavy (non-hydrogen) atoms. The third-order valence-electron chi connectivity index (χ3n) is 5.07. The number of aryl methyl sites for hydroxylation is 1. The third-order valence-corrected chi connectivity index (χ3v) is 6.25. The fourth-order valence-electron chi connectivity index (χ4n) is 3.56. The van der Waals surface area contributed by atoms with Crippen molar-refractivity contribution in [2.24, 2.45) is 0 Å². The average Bonchev–Trinajstić information content (AvgIpc) is 3.13. The molecule has 0 spiro atoms. The van der Waals surface area contributed by atoms with Crippen molar-refractivity contribution in [3.63, 3.8) is 0 Å². The second-order valence-corrected chi connectivity index (χ2v) is 7.84. The molecule has 3 heterocycles. The summed E-state index contributed by atoms with van der Waals surface area (Å²) in [5, 5.41) is 0.725. The van der Waals surface area contributed by atoms with Crippen LogP contribution in [-0.4, -0.2) is 35.2 Å². The summed E-state index contributed by atoms with van der Waals surface area (Å²) in [7, 11) is 3.31. The van der Waals surface area contributed by atoms with Gasteiger partial charge in [-0.1, -0.05) is 6.92 Å². The molecule has 0 amide bonds. The van der Waals surface area contributed by atoms with E-state index in [0.717, 1.165) is 47.6 Å². The number of ether oxygens (including phenoxy) is 2. The molecule has 0 bridgehead atoms. The molecular formula is C20H23N3O3S. The second-order valence-electron chi connectivity index (χ2n) is 6.72. The molecule has 142 valence electrons. The van der Waals surface area contributed by atoms with Gasteiger partial charge in [0.05, 0.1) is 26.3 Å². The first-order chi connectivity index (χ1) is 13.1. The van der Waals surface area contributed by atoms with Crippen molar-refractivity contribution in [1.82, 2.24) is 14.5 Å². The van der Waals surface area contributed by atoms with E-state index >= 15 is 0 Å². The SMILES string of the molecule is CCc1cc2c(=O)n(CN3CCc4cc(OC)c(OC)cc4C3)cnc2s1. The maximum atomic E-state index is 12.8. The van der Waals surface area contributed by atoms with Crippen molar-refractivity contribution in [1.29, 1.82) is 0 Å². The van der Waals surface area contributed by atoms with Crippen molar-refractivity contribution in [3.05, 3.63) is 50.9 Å². The van der Waals surface area contributed by atoms with Crippen molar-refractivity contribution < 1.29 is 9.47 Å². The lowest BCUT2D eigenvalue weighted by molar-refractivity contribution is 0.196. The van der Waals surface area contributed by atoms with E-state index in [1.165, 1.54) is 16.0 Å². The van der Waals surface area contributed by atoms with Crippen LogP contribution in [0.3, 0.4) is 0 Å². The topological polar surface area (TPSA) is 56.6 Å². The molecule has 0 saturated carbocycles. The number of rotatable bonds is 5. The molecule has 1 aliphatic heterocycles. The molecule has 7 heteroatoms. The zero-order valence-electron chi connectivity index (χ0n) is 15.8. The van der Waals surface area contributed by atoms with Gasteiger partial charge in [-0.2, -0.15) is 0 Å². The maximum Gasteiger partial charge on any atom is 0.263 e. The highest BCUT2D eigenvalue weighted by atomic mass is 32.1. The minimum absolute atomic E-state index is 0.0362. The van der Waals surface area contributed by atoms with E-state index in [9.17, 15) is 4.79 Å². The Hall–Kier alpha value is -2.38. The van der Waals surface area contributed by atoms with Crippen molar-refractivity contribution >= 4 is 21.6 Å². The molecule has 6 nitrogen and oxygen atoms in total. The average molecular weight is 385 g/mol. The van der Waals surface area contributed by atoms with E-state index in [-0.39, 0.29) is 5.56 Å². The molecule has 0 atom stereocenters. The van der Waals surface area contributed by atoms with Gasteiger partial charge in [-0.25, -0.2) is 4.98 Å². The molecule has 0 aliphatic carbocycles. The first-order valence-electron chi connectivity index (χ1n) is 9.07. The van der Waals surface area contributed by atoms with Gasteiger partial charge in [0, 0.05) is 18.0 Å². The number of aromatic nitrogens is 2. The molecule has 0 unspecified atom stereocenters. The molecule has 1 aliphatic rings. The van der Waals surface area contributed by atoms with E-state index < -0.39 is 0 Å². The Bertz CT molecular complexity index is 1040. The van der Waals surface area contributed by atoms with Crippen molar-refractivity contribution in [3.8, 4) is 11.5 Å². The predicted molar refractivity (Wildman–Crippen MR) is 107 cm³/mol. The normalized spacial score (nSPS) is 14.3. The number of nitrogens with zero attached hydrogens (tertiary/aromatic N) is 3. The highest BCUT2D eigenvalue weighted by Gasteiger charge is 2.20. The minimum Gasteiger partial charge on any atom is -0.493 e. The molecule has 0 saturated heterocycles. The summed E-state index contributed by atoms with van der Waals surface area (Å²) in [6, 6.07) is 6.08. The molecule has 4 rings (SSSR count). The summed E-state index contributed by atoms with van der Waals surface area (Å²) in [5.74, 6) is 1.50. The molecule has 0 radical (unpaired) electrons. The second kappa shape index (κ2) is 7.32. The van der Waals surface area contributed by atoms with Crippen LogP contribution in [0.2, 0.25) is 0 Å². The maximum absolute atomic E-state index is 12.8. The monoisotopic (exact) mass is 385 g/mol. The molecule has 0 fully saturated rings. The van der Waals surface area contributed by atoms with E-state index in [1.807, 2.05) is 12.1 Å². The number of hydrogen-bond acceptors (Lipinski definition) is 6. The Morgan fingerprint density at radius 1 is 1.15 bits per heavy atom. The van der Waals surface area contributed by atoms with E-state index in [4.69, 9.17) is 9.47 Å². The standard InChI is InChI=1S/C20H23N3O3S/c1-4-15-9-16-19(27-15)21-11-23(20(16)24)12-22-6-5-13-7-17(25-2)18(26-3)8-14(13)10-22/h7-9,11H,4-6,10,12H2,1-3H3. The zero-order valence-corrected chi connectivity index (χ0v) is 16.6. The van der Waals surface area contributed by atoms with Crippen LogP contribution in [0.25, 0.3) is 10.2 Å². The Labute approximate surface area is 162 Å². The van der Waals surface area contributed by atoms with Crippen LogP contribution in [0, 0.1) is 0 Å². The number of methoxy groups -OCH3 is 2. The van der Waals surface area contributed by atoms with Crippen LogP contribution in [0.1, 0.15) is 22.9 Å². The van der Waals surface area contributed by atoms with Gasteiger partial charge in [0.25, 0.3) is 5.56 Å². The Morgan fingerprint density at radius 2 is 1.89 bits per heavy atom. The smallest absolute Gasteiger partial charge is 0.263 e. The van der Waals surface area contributed by atoms with Crippen LogP contribution < -0.4 is 15.0 Å². The summed E-state index contributed by atoms with van der Waals surface area (Å²) < 4.78 is 12.5. The predicted octanol–water partition coefficient (Wildman–Crippen LogP) is 3.05. The first-order valence-corrected chi connectivity index (χ1v) is 9.88. The third kappa shape index (κ3) is 3.33. The summed E-state index contributed by atoms with van der Waals surface area (Å²) in [6.45, 7) is 4.28. The summed E-state index contributed by atoms with van der Waals surface area (Å²) in [6.07, 6.45) is 3.51. The number of hydrogen-bond donors (Lipinski definition) is 0. The lowest BCUT2D eigenvalue weighted by atomic mass is 9.99. The lowest BCUT2D eigenvalue weighted by Crippen LogP contribution is -2.36. The van der Waals surface area contributed by atoms with Crippen LogP contribution in [0.5, 0.6) is 11.5 Å². The van der Waals surface area contributed by atoms with Gasteiger partial charge in [-0.3, -0.25) is 14.3 Å². The van der Waals surface area contributed by atoms with Crippen molar-refractivity contribution in [2.75, 3.05) is 20.8 Å². The quantitative estimate of drug-likeness (QED) is 0.676. The lowest BCUT2D eigenvalue weighted by Gasteiger charge is -2.29. The molecule has 0 N–H and O–H groups in total. The molecule has 3 aromatic rings. The molecular weight excluding hydrogens is 362 g/mol. The van der Waals surface area contributed by atoms with Crippen LogP contribution >= 0.6 is 11.3 Å². The van der Waals surface area contributed by atoms with Crippen LogP contribution in [-0.2, 0) is 26.1 Å². The Kier molecular flexibility index (Phi) is 4.88. The Morgan fingerprint density at radius 3 is 2.59 bits per heavy atom. The fourth-order valence-corrected chi connectivity index (χ4v) is 4.49. The van der Waals surface area contributed by atoms with Gasteiger partial charge in [-0.05, 0) is 42.2 Å². The van der Waals surface area contributed by atoms with E-state index in [2.05, 4.69) is 22.9 Å². The summed E-state index contributed by atoms with van der Waals surface area (Å²) >= 11 is 1.60. The Balaban J connectivity index is 1.59. The molecule has 2 aromatic heterocycles. The number of benzene rings is 1. The van der Waals surface area contributed by atoms with Gasteiger partial charge in [0.2, 0.25) is 0 Å². The number of fused-ring (bicyclic) bond motifs is 2. The first kappa shape index (κ1) is 18.0. The van der Waals surface area contributed by atoms with E-state index in [0.29, 0.717) is 6.67 Å². The highest BCUT2D eigenvalue weighted by Crippen LogP contribution is 2.33. The van der Waals surface area contributed by atoms with Crippen molar-refractivity contribution in [2.45, 2.75) is 33.0 Å². The van der Waals surface area contributed by atoms with E-state index in [1.54, 1.807) is 36.5 Å². The van der Waals surface area contributed by atoms with Gasteiger partial charge in [0.15, 0.2) is 11.5 Å². The fraction of sp³-hybridized carbons (Fsp3) is 0.400.